The minimum atomic E-state index is -0.249. The molecule has 0 saturated carbocycles. The van der Waals surface area contributed by atoms with E-state index in [1.807, 2.05) is 30.0 Å². The maximum atomic E-state index is 13.0. The van der Waals surface area contributed by atoms with Crippen LogP contribution in [0.25, 0.3) is 11.1 Å². The van der Waals surface area contributed by atoms with Crippen molar-refractivity contribution in [1.29, 1.82) is 0 Å². The Balaban J connectivity index is 1.26. The van der Waals surface area contributed by atoms with E-state index in [0.29, 0.717) is 38.4 Å². The largest absolute Gasteiger partial charge is 0.384 e. The number of hydrogen-bond donors (Lipinski definition) is 2. The van der Waals surface area contributed by atoms with Crippen LogP contribution in [0, 0.1) is 6.92 Å². The molecule has 8 heteroatoms. The molecule has 1 saturated heterocycles. The molecule has 0 radical (unpaired) electrons. The zero-order chi connectivity index (χ0) is 22.8. The third kappa shape index (κ3) is 4.75. The van der Waals surface area contributed by atoms with E-state index < -0.39 is 0 Å². The number of aromatic amines is 1. The van der Waals surface area contributed by atoms with Crippen molar-refractivity contribution < 1.29 is 9.53 Å². The Kier molecular flexibility index (Phi) is 6.09. The number of fused-ring (bicyclic) bond motifs is 1. The SMILES string of the molecule is Cc1cc(-c2ccc(N)nc2)cc([C@H]2CN(C(=O)CCc3n[nH]c4c3CCCC4)CCO2)n1. The van der Waals surface area contributed by atoms with Gasteiger partial charge in [-0.15, -0.1) is 0 Å². The summed E-state index contributed by atoms with van der Waals surface area (Å²) in [4.78, 5) is 23.8. The van der Waals surface area contributed by atoms with E-state index >= 15 is 0 Å². The van der Waals surface area contributed by atoms with Crippen LogP contribution in [-0.4, -0.2) is 50.7 Å². The minimum absolute atomic E-state index is 0.145. The van der Waals surface area contributed by atoms with Crippen molar-refractivity contribution in [3.8, 4) is 11.1 Å². The number of ether oxygens (including phenoxy) is 1. The summed E-state index contributed by atoms with van der Waals surface area (Å²) < 4.78 is 6.02. The predicted octanol–water partition coefficient (Wildman–Crippen LogP) is 3.17. The number of aryl methyl sites for hydroxylation is 3. The number of nitrogens with zero attached hydrogens (tertiary/aromatic N) is 4. The Morgan fingerprint density at radius 3 is 2.97 bits per heavy atom. The van der Waals surface area contributed by atoms with Crippen LogP contribution >= 0.6 is 0 Å². The topological polar surface area (TPSA) is 110 Å². The predicted molar refractivity (Wildman–Crippen MR) is 125 cm³/mol. The van der Waals surface area contributed by atoms with Gasteiger partial charge in [0.15, 0.2) is 0 Å². The van der Waals surface area contributed by atoms with Crippen molar-refractivity contribution in [1.82, 2.24) is 25.1 Å². The first-order chi connectivity index (χ1) is 16.1. The summed E-state index contributed by atoms with van der Waals surface area (Å²) in [5, 5.41) is 7.66. The van der Waals surface area contributed by atoms with E-state index in [1.54, 1.807) is 12.3 Å². The second-order valence-electron chi connectivity index (χ2n) is 8.93. The number of nitrogen functional groups attached to an aromatic ring is 1. The van der Waals surface area contributed by atoms with E-state index in [1.165, 1.54) is 24.1 Å². The third-order valence-electron chi connectivity index (χ3n) is 6.56. The molecule has 1 fully saturated rings. The average Bonchev–Trinajstić information content (AvgIpc) is 3.26. The van der Waals surface area contributed by atoms with Gasteiger partial charge in [-0.2, -0.15) is 5.10 Å². The van der Waals surface area contributed by atoms with Gasteiger partial charge < -0.3 is 15.4 Å². The summed E-state index contributed by atoms with van der Waals surface area (Å²) in [6.07, 6.45) is 7.22. The van der Waals surface area contributed by atoms with Crippen LogP contribution in [0.4, 0.5) is 5.82 Å². The lowest BCUT2D eigenvalue weighted by molar-refractivity contribution is -0.139. The van der Waals surface area contributed by atoms with Gasteiger partial charge in [0.05, 0.1) is 24.5 Å². The Morgan fingerprint density at radius 1 is 1.24 bits per heavy atom. The fraction of sp³-hybridized carbons (Fsp3) is 0.440. The zero-order valence-corrected chi connectivity index (χ0v) is 19.0. The normalized spacial score (nSPS) is 18.2. The van der Waals surface area contributed by atoms with Crippen LogP contribution in [0.15, 0.2) is 30.5 Å². The van der Waals surface area contributed by atoms with E-state index in [-0.39, 0.29) is 12.0 Å². The number of anilines is 1. The van der Waals surface area contributed by atoms with Crippen molar-refractivity contribution in [3.63, 3.8) is 0 Å². The highest BCUT2D eigenvalue weighted by Gasteiger charge is 2.27. The van der Waals surface area contributed by atoms with Gasteiger partial charge in [0.2, 0.25) is 5.91 Å². The maximum Gasteiger partial charge on any atom is 0.223 e. The van der Waals surface area contributed by atoms with E-state index in [2.05, 4.69) is 15.2 Å². The highest BCUT2D eigenvalue weighted by molar-refractivity contribution is 5.76. The number of nitrogens with two attached hydrogens (primary N) is 1. The number of hydrogen-bond acceptors (Lipinski definition) is 6. The van der Waals surface area contributed by atoms with Gasteiger partial charge >= 0.3 is 0 Å². The average molecular weight is 447 g/mol. The Morgan fingerprint density at radius 2 is 2.12 bits per heavy atom. The molecule has 5 rings (SSSR count). The van der Waals surface area contributed by atoms with Crippen molar-refractivity contribution in [2.24, 2.45) is 0 Å². The number of carbonyl (C=O) groups excluding carboxylic acids is 1. The molecule has 0 unspecified atom stereocenters. The van der Waals surface area contributed by atoms with Crippen molar-refractivity contribution in [2.45, 2.75) is 51.6 Å². The van der Waals surface area contributed by atoms with E-state index in [0.717, 1.165) is 41.1 Å². The first-order valence-electron chi connectivity index (χ1n) is 11.7. The van der Waals surface area contributed by atoms with Gasteiger partial charge in [0.1, 0.15) is 11.9 Å². The molecule has 1 atom stereocenters. The molecule has 3 N–H and O–H groups in total. The molecular weight excluding hydrogens is 416 g/mol. The lowest BCUT2D eigenvalue weighted by Crippen LogP contribution is -2.42. The Bertz CT molecular complexity index is 1140. The summed E-state index contributed by atoms with van der Waals surface area (Å²) in [5.74, 6) is 0.635. The molecule has 3 aromatic heterocycles. The smallest absolute Gasteiger partial charge is 0.223 e. The molecule has 0 bridgehead atoms. The fourth-order valence-electron chi connectivity index (χ4n) is 4.80. The van der Waals surface area contributed by atoms with Gasteiger partial charge in [-0.1, -0.05) is 0 Å². The van der Waals surface area contributed by atoms with Crippen LogP contribution in [-0.2, 0) is 28.8 Å². The van der Waals surface area contributed by atoms with Gasteiger partial charge in [-0.25, -0.2) is 4.98 Å². The molecule has 0 spiro atoms. The molecule has 172 valence electrons. The highest BCUT2D eigenvalue weighted by atomic mass is 16.5. The number of rotatable bonds is 5. The number of H-pyrrole nitrogens is 1. The van der Waals surface area contributed by atoms with Crippen molar-refractivity contribution in [3.05, 3.63) is 58.8 Å². The van der Waals surface area contributed by atoms with Gasteiger partial charge in [-0.05, 0) is 68.0 Å². The molecule has 3 aromatic rings. The molecule has 1 amide bonds. The summed E-state index contributed by atoms with van der Waals surface area (Å²) >= 11 is 0. The third-order valence-corrected chi connectivity index (χ3v) is 6.56. The number of aromatic nitrogens is 4. The molecule has 33 heavy (non-hydrogen) atoms. The quantitative estimate of drug-likeness (QED) is 0.623. The van der Waals surface area contributed by atoms with Crippen LogP contribution < -0.4 is 5.73 Å². The maximum absolute atomic E-state index is 13.0. The fourth-order valence-corrected chi connectivity index (χ4v) is 4.80. The molecule has 1 aliphatic carbocycles. The van der Waals surface area contributed by atoms with Crippen LogP contribution in [0.5, 0.6) is 0 Å². The Labute approximate surface area is 193 Å². The second kappa shape index (κ2) is 9.31. The standard InChI is InChI=1S/C25H30N6O2/c1-16-12-18(17-6-8-24(26)27-14-17)13-22(28-16)23-15-31(10-11-33-23)25(32)9-7-21-19-4-2-3-5-20(19)29-30-21/h6,8,12-14,23H,2-5,7,9-11,15H2,1H3,(H2,26,27)(H,29,30)/t23-/m1/s1. The summed E-state index contributed by atoms with van der Waals surface area (Å²) in [7, 11) is 0. The molecular formula is C25H30N6O2. The van der Waals surface area contributed by atoms with Gasteiger partial charge in [-0.3, -0.25) is 14.9 Å². The van der Waals surface area contributed by atoms with E-state index in [4.69, 9.17) is 15.5 Å². The molecule has 4 heterocycles. The molecule has 2 aliphatic rings. The molecule has 0 aromatic carbocycles. The first kappa shape index (κ1) is 21.6. The van der Waals surface area contributed by atoms with Gasteiger partial charge in [0.25, 0.3) is 0 Å². The highest BCUT2D eigenvalue weighted by Crippen LogP contribution is 2.28. The number of amides is 1. The van der Waals surface area contributed by atoms with Crippen LogP contribution in [0.3, 0.4) is 0 Å². The summed E-state index contributed by atoms with van der Waals surface area (Å²) in [6, 6.07) is 7.78. The van der Waals surface area contributed by atoms with Crippen molar-refractivity contribution >= 4 is 11.7 Å². The van der Waals surface area contributed by atoms with Crippen LogP contribution in [0.2, 0.25) is 0 Å². The minimum Gasteiger partial charge on any atom is -0.384 e. The number of carbonyl (C=O) groups is 1. The Hall–Kier alpha value is -3.26. The number of morpholine rings is 1. The summed E-state index contributed by atoms with van der Waals surface area (Å²) in [5.41, 5.74) is 13.1. The number of pyridine rings is 2. The second-order valence-corrected chi connectivity index (χ2v) is 8.93. The summed E-state index contributed by atoms with van der Waals surface area (Å²) in [6.45, 7) is 3.58. The zero-order valence-electron chi connectivity index (χ0n) is 19.0. The lowest BCUT2D eigenvalue weighted by Gasteiger charge is -2.33. The lowest BCUT2D eigenvalue weighted by atomic mass is 9.94. The van der Waals surface area contributed by atoms with Crippen LogP contribution in [0.1, 0.15) is 53.7 Å². The first-order valence-corrected chi connectivity index (χ1v) is 11.7. The monoisotopic (exact) mass is 446 g/mol. The molecule has 1 aliphatic heterocycles. The van der Waals surface area contributed by atoms with E-state index in [9.17, 15) is 4.79 Å². The number of nitrogens with one attached hydrogen (secondary N) is 1. The van der Waals surface area contributed by atoms with Gasteiger partial charge in [0, 0.05) is 42.5 Å². The molecule has 8 nitrogen and oxygen atoms in total. The van der Waals surface area contributed by atoms with Crippen molar-refractivity contribution in [2.75, 3.05) is 25.4 Å².